The van der Waals surface area contributed by atoms with E-state index in [2.05, 4.69) is 20.7 Å². The van der Waals surface area contributed by atoms with E-state index in [1.54, 1.807) is 48.5 Å². The number of aliphatic hydroxyl groups excluding tert-OH is 3. The lowest BCUT2D eigenvalue weighted by Crippen LogP contribution is -2.40. The van der Waals surface area contributed by atoms with Crippen LogP contribution in [-0.4, -0.2) is 67.3 Å². The summed E-state index contributed by atoms with van der Waals surface area (Å²) in [5, 5.41) is 37.4. The molecule has 0 bridgehead atoms. The van der Waals surface area contributed by atoms with Gasteiger partial charge in [0.15, 0.2) is 5.69 Å². The summed E-state index contributed by atoms with van der Waals surface area (Å²) < 4.78 is 15.9. The Labute approximate surface area is 221 Å². The van der Waals surface area contributed by atoms with Gasteiger partial charge < -0.3 is 26.0 Å². The maximum absolute atomic E-state index is 14.6. The number of nitrogens with one attached hydrogen (secondary N) is 2. The van der Waals surface area contributed by atoms with Gasteiger partial charge in [-0.1, -0.05) is 35.9 Å². The van der Waals surface area contributed by atoms with Crippen LogP contribution in [0.5, 0.6) is 0 Å². The van der Waals surface area contributed by atoms with Gasteiger partial charge in [0.2, 0.25) is 0 Å². The monoisotopic (exact) mass is 539 g/mol. The summed E-state index contributed by atoms with van der Waals surface area (Å²) in [6, 6.07) is 17.3. The lowest BCUT2D eigenvalue weighted by Gasteiger charge is -2.15. The normalized spacial score (nSPS) is 12.6. The average molecular weight is 540 g/mol. The number of hydrogen-bond acceptors (Lipinski definition) is 7. The topological polar surface area (TPSA) is 150 Å². The molecule has 196 valence electrons. The van der Waals surface area contributed by atoms with Gasteiger partial charge in [-0.15, -0.1) is 0 Å². The van der Waals surface area contributed by atoms with Crippen molar-refractivity contribution in [2.24, 2.45) is 0 Å². The summed E-state index contributed by atoms with van der Waals surface area (Å²) in [4.78, 5) is 30.1. The van der Waals surface area contributed by atoms with E-state index in [-0.39, 0.29) is 34.2 Å². The number of pyridine rings is 1. The van der Waals surface area contributed by atoms with E-state index in [4.69, 9.17) is 16.7 Å². The number of nitrogens with zero attached hydrogens (tertiary/aromatic N) is 3. The molecule has 0 saturated carbocycles. The summed E-state index contributed by atoms with van der Waals surface area (Å²) in [6.45, 7) is -1.02. The number of carbonyl (C=O) groups is 2. The summed E-state index contributed by atoms with van der Waals surface area (Å²) in [5.41, 5.74) is 0.797. The molecule has 2 aromatic carbocycles. The summed E-state index contributed by atoms with van der Waals surface area (Å²) in [5.74, 6) is -1.91. The number of aliphatic hydroxyl groups is 3. The van der Waals surface area contributed by atoms with Crippen molar-refractivity contribution in [3.8, 4) is 16.9 Å². The number of hydrogen-bond donors (Lipinski definition) is 5. The molecule has 12 heteroatoms. The van der Waals surface area contributed by atoms with Gasteiger partial charge in [0.05, 0.1) is 34.7 Å². The predicted molar refractivity (Wildman–Crippen MR) is 138 cm³/mol. The molecule has 0 fully saturated rings. The zero-order chi connectivity index (χ0) is 27.2. The van der Waals surface area contributed by atoms with Crippen molar-refractivity contribution in [2.45, 2.75) is 12.2 Å². The Morgan fingerprint density at radius 1 is 1.00 bits per heavy atom. The van der Waals surface area contributed by atoms with Crippen molar-refractivity contribution in [2.75, 3.05) is 18.5 Å². The first-order valence-electron chi connectivity index (χ1n) is 11.4. The third kappa shape index (κ3) is 6.03. The maximum atomic E-state index is 14.6. The average Bonchev–Trinajstić information content (AvgIpc) is 3.35. The summed E-state index contributed by atoms with van der Waals surface area (Å²) >= 11 is 6.20. The molecule has 2 amide bonds. The molecule has 0 unspecified atom stereocenters. The molecule has 4 rings (SSSR count). The smallest absolute Gasteiger partial charge is 0.271 e. The number of amides is 2. The first-order chi connectivity index (χ1) is 18.3. The Hall–Kier alpha value is -4.16. The Morgan fingerprint density at radius 2 is 1.74 bits per heavy atom. The van der Waals surface area contributed by atoms with Crippen molar-refractivity contribution in [1.82, 2.24) is 20.1 Å². The molecule has 4 aromatic rings. The second-order valence-corrected chi connectivity index (χ2v) is 8.58. The van der Waals surface area contributed by atoms with E-state index < -0.39 is 36.4 Å². The maximum Gasteiger partial charge on any atom is 0.271 e. The molecule has 10 nitrogen and oxygen atoms in total. The molecule has 0 aliphatic rings. The lowest BCUT2D eigenvalue weighted by molar-refractivity contribution is -0.0123. The molecule has 0 radical (unpaired) electrons. The molecule has 2 aromatic heterocycles. The second-order valence-electron chi connectivity index (χ2n) is 8.17. The van der Waals surface area contributed by atoms with Gasteiger partial charge in [0.25, 0.3) is 11.8 Å². The van der Waals surface area contributed by atoms with Gasteiger partial charge in [-0.25, -0.2) is 9.07 Å². The van der Waals surface area contributed by atoms with Gasteiger partial charge in [0.1, 0.15) is 17.7 Å². The Morgan fingerprint density at radius 3 is 2.42 bits per heavy atom. The minimum atomic E-state index is -1.43. The minimum absolute atomic E-state index is 0.0263. The fourth-order valence-electron chi connectivity index (χ4n) is 3.52. The molecular formula is C26H23ClFN5O5. The van der Waals surface area contributed by atoms with Gasteiger partial charge in [-0.2, -0.15) is 5.10 Å². The number of benzene rings is 2. The Balaban J connectivity index is 1.64. The molecule has 0 saturated heterocycles. The van der Waals surface area contributed by atoms with Gasteiger partial charge in [0, 0.05) is 24.4 Å². The lowest BCUT2D eigenvalue weighted by atomic mass is 10.1. The van der Waals surface area contributed by atoms with E-state index in [0.717, 1.165) is 6.07 Å². The fraction of sp³-hybridized carbons (Fsp3) is 0.154. The van der Waals surface area contributed by atoms with E-state index in [9.17, 15) is 24.2 Å². The van der Waals surface area contributed by atoms with Crippen LogP contribution in [0.2, 0.25) is 5.02 Å². The minimum Gasteiger partial charge on any atom is -0.394 e. The van der Waals surface area contributed by atoms with Crippen LogP contribution in [0.25, 0.3) is 16.9 Å². The number of rotatable bonds is 9. The van der Waals surface area contributed by atoms with Crippen molar-refractivity contribution in [3.63, 3.8) is 0 Å². The third-order valence-corrected chi connectivity index (χ3v) is 5.84. The van der Waals surface area contributed by atoms with Gasteiger partial charge in [-0.3, -0.25) is 14.6 Å². The van der Waals surface area contributed by atoms with E-state index >= 15 is 0 Å². The summed E-state index contributed by atoms with van der Waals surface area (Å²) in [7, 11) is 0. The Kier molecular flexibility index (Phi) is 8.44. The van der Waals surface area contributed by atoms with Crippen molar-refractivity contribution >= 4 is 29.2 Å². The van der Waals surface area contributed by atoms with Crippen LogP contribution in [0.15, 0.2) is 72.9 Å². The number of aromatic nitrogens is 3. The zero-order valence-electron chi connectivity index (χ0n) is 19.8. The van der Waals surface area contributed by atoms with Crippen LogP contribution in [-0.2, 0) is 0 Å². The predicted octanol–water partition coefficient (Wildman–Crippen LogP) is 2.42. The Bertz CT molecular complexity index is 1430. The van der Waals surface area contributed by atoms with E-state index in [1.807, 2.05) is 0 Å². The molecule has 0 aliphatic carbocycles. The summed E-state index contributed by atoms with van der Waals surface area (Å²) in [6.07, 6.45) is -1.32. The first-order valence-corrected chi connectivity index (χ1v) is 11.8. The molecule has 0 spiro atoms. The van der Waals surface area contributed by atoms with Crippen molar-refractivity contribution in [1.29, 1.82) is 0 Å². The number of halogens is 2. The molecule has 0 aliphatic heterocycles. The molecular weight excluding hydrogens is 517 g/mol. The first kappa shape index (κ1) is 26.9. The van der Waals surface area contributed by atoms with Crippen molar-refractivity contribution in [3.05, 3.63) is 95.0 Å². The molecule has 38 heavy (non-hydrogen) atoms. The zero-order valence-corrected chi connectivity index (χ0v) is 20.5. The highest BCUT2D eigenvalue weighted by molar-refractivity contribution is 6.34. The van der Waals surface area contributed by atoms with Crippen LogP contribution < -0.4 is 10.6 Å². The number of para-hydroxylation sites is 1. The largest absolute Gasteiger partial charge is 0.394 e. The quantitative estimate of drug-likeness (QED) is 0.219. The van der Waals surface area contributed by atoms with Crippen LogP contribution in [0.1, 0.15) is 20.8 Å². The van der Waals surface area contributed by atoms with Crippen LogP contribution in [0.3, 0.4) is 0 Å². The highest BCUT2D eigenvalue weighted by Crippen LogP contribution is 2.28. The number of anilines is 1. The molecule has 2 heterocycles. The second kappa shape index (κ2) is 11.9. The van der Waals surface area contributed by atoms with Crippen LogP contribution in [0, 0.1) is 5.82 Å². The molecule has 5 N–H and O–H groups in total. The van der Waals surface area contributed by atoms with Crippen molar-refractivity contribution < 1.29 is 29.3 Å². The van der Waals surface area contributed by atoms with E-state index in [1.165, 1.54) is 23.0 Å². The van der Waals surface area contributed by atoms with Gasteiger partial charge in [-0.05, 0) is 36.4 Å². The standard InChI is InChI=1S/C26H23ClFN5O5/c27-18-11-19(28)17(20-8-4-5-9-29-20)10-16(18)25(37)31-24-12-21(26(38)30-13-22(35)23(36)14-34)32-33(24)15-6-2-1-3-7-15/h1-12,22-23,34-36H,13-14H2,(H,30,38)(H,31,37)/t22-,23-/m0/s1. The third-order valence-electron chi connectivity index (χ3n) is 5.53. The highest BCUT2D eigenvalue weighted by Gasteiger charge is 2.22. The SMILES string of the molecule is O=C(NC[C@H](O)[C@@H](O)CO)c1cc(NC(=O)c2cc(-c3ccccn3)c(F)cc2Cl)n(-c2ccccc2)n1. The fourth-order valence-corrected chi connectivity index (χ4v) is 3.75. The van der Waals surface area contributed by atoms with Gasteiger partial charge >= 0.3 is 0 Å². The highest BCUT2D eigenvalue weighted by atomic mass is 35.5. The molecule has 2 atom stereocenters. The number of carbonyl (C=O) groups excluding carboxylic acids is 2. The van der Waals surface area contributed by atoms with Crippen LogP contribution >= 0.6 is 11.6 Å². The van der Waals surface area contributed by atoms with E-state index in [0.29, 0.717) is 11.4 Å². The van der Waals surface area contributed by atoms with Crippen LogP contribution in [0.4, 0.5) is 10.2 Å².